The van der Waals surface area contributed by atoms with E-state index in [-0.39, 0.29) is 22.2 Å². The second kappa shape index (κ2) is 12.9. The molecule has 8 nitrogen and oxygen atoms in total. The largest absolute Gasteiger partial charge is 0.497 e. The number of esters is 1. The zero-order chi connectivity index (χ0) is 26.3. The molecule has 37 heavy (non-hydrogen) atoms. The fourth-order valence-electron chi connectivity index (χ4n) is 4.41. The van der Waals surface area contributed by atoms with Crippen molar-refractivity contribution >= 4 is 23.8 Å². The van der Waals surface area contributed by atoms with E-state index in [1.54, 1.807) is 13.4 Å². The third-order valence-electron chi connectivity index (χ3n) is 6.19. The van der Waals surface area contributed by atoms with E-state index in [0.29, 0.717) is 11.1 Å². The number of hydrogen-bond donors (Lipinski definition) is 3. The second-order valence-corrected chi connectivity index (χ2v) is 8.35. The Labute approximate surface area is 227 Å². The third kappa shape index (κ3) is 6.30. The van der Waals surface area contributed by atoms with Gasteiger partial charge in [-0.1, -0.05) is 0 Å². The molecular weight excluding hydrogens is 517 g/mol. The molecule has 1 aromatic heterocycles. The van der Waals surface area contributed by atoms with E-state index in [2.05, 4.69) is 35.6 Å². The number of hydrogen-bond acceptors (Lipinski definition) is 7. The maximum atomic E-state index is 11.0. The maximum Gasteiger partial charge on any atom is 0.337 e. The number of carbonyl (C=O) groups is 1. The van der Waals surface area contributed by atoms with Crippen molar-refractivity contribution in [1.82, 2.24) is 0 Å². The van der Waals surface area contributed by atoms with E-state index in [0.717, 1.165) is 30.2 Å². The monoisotopic (exact) mass is 548 g/mol. The van der Waals surface area contributed by atoms with Gasteiger partial charge >= 0.3 is 5.97 Å². The molecule has 4 rings (SSSR count). The first-order valence-electron chi connectivity index (χ1n) is 11.4. The van der Waals surface area contributed by atoms with Crippen LogP contribution in [0, 0.1) is 10.8 Å². The van der Waals surface area contributed by atoms with Crippen LogP contribution in [0.3, 0.4) is 0 Å². The van der Waals surface area contributed by atoms with Crippen LogP contribution in [0.5, 0.6) is 5.75 Å². The molecule has 0 aliphatic carbocycles. The van der Waals surface area contributed by atoms with Crippen LogP contribution < -0.4 is 9.64 Å². The topological polar surface area (TPSA) is 120 Å². The van der Waals surface area contributed by atoms with Gasteiger partial charge in [-0.25, -0.2) is 4.79 Å². The summed E-state index contributed by atoms with van der Waals surface area (Å²) in [6, 6.07) is 16.1. The van der Waals surface area contributed by atoms with Crippen molar-refractivity contribution in [2.75, 3.05) is 25.7 Å². The minimum Gasteiger partial charge on any atom is -0.497 e. The average molecular weight is 549 g/mol. The normalized spacial score (nSPS) is 16.6. The Morgan fingerprint density at radius 1 is 1.14 bits per heavy atom. The Kier molecular flexibility index (Phi) is 10.3. The van der Waals surface area contributed by atoms with Crippen LogP contribution in [0.25, 0.3) is 0 Å². The minimum atomic E-state index is -0.517. The van der Waals surface area contributed by atoms with Crippen LogP contribution in [0.4, 0.5) is 5.69 Å². The maximum absolute atomic E-state index is 11.0. The molecule has 0 fully saturated rings. The molecule has 0 saturated carbocycles. The fraction of sp³-hybridized carbons (Fsp3) is 0.250. The number of fused-ring (bicyclic) bond motifs is 1. The van der Waals surface area contributed by atoms with Gasteiger partial charge in [-0.15, -0.1) is 0 Å². The van der Waals surface area contributed by atoms with Crippen LogP contribution in [0.15, 0.2) is 77.1 Å². The Balaban J connectivity index is 0.000000295. The van der Waals surface area contributed by atoms with E-state index >= 15 is 0 Å². The number of ether oxygens (including phenoxy) is 2. The standard InChI is InChI=1S/C19H22N2O2.C9H9NO3.Co/c1-4-21-17-8-7-14(22-3)12-16(17)19(2,18(21)9-10-20)13-15-6-5-11-23-15;1-13-9(12)7-4-2-6(3-5-7)8(10)11;/h5-12,20H,4,13H2,1-3H3;2-5H,1H3,(H2,10,11);/b18-9-,20-10?;;. The molecule has 2 heterocycles. The van der Waals surface area contributed by atoms with Crippen LogP contribution in [0.1, 0.15) is 41.1 Å². The van der Waals surface area contributed by atoms with Crippen molar-refractivity contribution < 1.29 is 40.6 Å². The van der Waals surface area contributed by atoms with Gasteiger partial charge in [0.25, 0.3) is 0 Å². The van der Waals surface area contributed by atoms with E-state index in [4.69, 9.17) is 25.1 Å². The molecule has 0 spiro atoms. The Morgan fingerprint density at radius 3 is 2.32 bits per heavy atom. The molecular formula is C28H31CoN3O5. The van der Waals surface area contributed by atoms with Gasteiger partial charge in [0.1, 0.15) is 11.5 Å². The molecule has 197 valence electrons. The molecule has 1 unspecified atom stereocenters. The van der Waals surface area contributed by atoms with Crippen molar-refractivity contribution in [3.8, 4) is 5.75 Å². The molecule has 3 N–H and O–H groups in total. The van der Waals surface area contributed by atoms with Crippen molar-refractivity contribution in [3.63, 3.8) is 0 Å². The van der Waals surface area contributed by atoms with Gasteiger partial charge in [-0.05, 0) is 80.1 Å². The third-order valence-corrected chi connectivity index (χ3v) is 6.19. The number of likely N-dealkylation sites (N-methyl/N-ethyl adjacent to an activating group) is 1. The second-order valence-electron chi connectivity index (χ2n) is 8.35. The first-order valence-corrected chi connectivity index (χ1v) is 11.4. The summed E-state index contributed by atoms with van der Waals surface area (Å²) in [7, 11) is 2.98. The number of rotatable bonds is 7. The summed E-state index contributed by atoms with van der Waals surface area (Å²) in [5, 5.41) is 23.2. The molecule has 0 saturated heterocycles. The van der Waals surface area contributed by atoms with Crippen LogP contribution in [-0.4, -0.2) is 44.0 Å². The zero-order valence-corrected chi connectivity index (χ0v) is 22.2. The summed E-state index contributed by atoms with van der Waals surface area (Å²) in [6.07, 6.45) is 5.70. The summed E-state index contributed by atoms with van der Waals surface area (Å²) in [6.45, 7) is 5.19. The number of benzene rings is 2. The van der Waals surface area contributed by atoms with E-state index < -0.39 is 11.9 Å². The van der Waals surface area contributed by atoms with Crippen molar-refractivity contribution in [1.29, 1.82) is 10.8 Å². The molecule has 2 aromatic carbocycles. The molecule has 3 aromatic rings. The van der Waals surface area contributed by atoms with Gasteiger partial charge in [0.05, 0.1) is 26.0 Å². The summed E-state index contributed by atoms with van der Waals surface area (Å²) >= 11 is 0. The smallest absolute Gasteiger partial charge is 0.337 e. The van der Waals surface area contributed by atoms with Crippen molar-refractivity contribution in [3.05, 3.63) is 95.1 Å². The van der Waals surface area contributed by atoms with Crippen molar-refractivity contribution in [2.24, 2.45) is 0 Å². The van der Waals surface area contributed by atoms with Gasteiger partial charge in [0.2, 0.25) is 5.90 Å². The number of furan rings is 1. The number of nitrogens with one attached hydrogen (secondary N) is 2. The number of allylic oxidation sites excluding steroid dienone is 2. The first-order chi connectivity index (χ1) is 17.3. The number of aliphatic hydroxyl groups excluding tert-OH is 1. The fourth-order valence-corrected chi connectivity index (χ4v) is 4.41. The number of nitrogens with zero attached hydrogens (tertiary/aromatic N) is 1. The summed E-state index contributed by atoms with van der Waals surface area (Å²) in [4.78, 5) is 13.2. The number of anilines is 1. The van der Waals surface area contributed by atoms with Crippen LogP contribution in [-0.2, 0) is 33.4 Å². The van der Waals surface area contributed by atoms with Crippen molar-refractivity contribution in [2.45, 2.75) is 25.7 Å². The number of methoxy groups -OCH3 is 2. The average Bonchev–Trinajstić information content (AvgIpc) is 3.48. The Hall–Kier alpha value is -3.82. The summed E-state index contributed by atoms with van der Waals surface area (Å²) in [5.41, 5.74) is 4.02. The number of aliphatic hydroxyl groups is 1. The molecule has 1 atom stereocenters. The summed E-state index contributed by atoms with van der Waals surface area (Å²) in [5.74, 6) is 0.837. The molecule has 1 radical (unpaired) electrons. The zero-order valence-electron chi connectivity index (χ0n) is 21.2. The van der Waals surface area contributed by atoms with Gasteiger partial charge in [-0.3, -0.25) is 5.41 Å². The molecule has 0 amide bonds. The van der Waals surface area contributed by atoms with Gasteiger partial charge in [0, 0.05) is 58.3 Å². The van der Waals surface area contributed by atoms with E-state index in [1.807, 2.05) is 24.3 Å². The van der Waals surface area contributed by atoms with E-state index in [1.165, 1.54) is 48.8 Å². The van der Waals surface area contributed by atoms with Gasteiger partial charge in [-0.2, -0.15) is 0 Å². The molecule has 1 aliphatic heterocycles. The minimum absolute atomic E-state index is 0. The van der Waals surface area contributed by atoms with Crippen LogP contribution >= 0.6 is 0 Å². The quantitative estimate of drug-likeness (QED) is 0.203. The van der Waals surface area contributed by atoms with Crippen LogP contribution in [0.2, 0.25) is 0 Å². The van der Waals surface area contributed by atoms with E-state index in [9.17, 15) is 4.79 Å². The molecule has 1 aliphatic rings. The van der Waals surface area contributed by atoms with Gasteiger partial charge < -0.3 is 29.3 Å². The first kappa shape index (κ1) is 29.4. The molecule has 0 bridgehead atoms. The predicted molar refractivity (Wildman–Crippen MR) is 140 cm³/mol. The SMILES string of the molecule is CCN1/C(=C\C=N)C(C)(Cc2ccco2)c2cc(OC)ccc21.COC(=O)c1ccc(C(=N)O)cc1.[Co]. The van der Waals surface area contributed by atoms with Gasteiger partial charge in [0.15, 0.2) is 0 Å². The molecule has 9 heteroatoms. The Morgan fingerprint density at radius 2 is 1.81 bits per heavy atom. The predicted octanol–water partition coefficient (Wildman–Crippen LogP) is 5.52. The Bertz CT molecular complexity index is 1260. The number of carbonyl (C=O) groups excluding carboxylic acids is 1. The summed E-state index contributed by atoms with van der Waals surface area (Å²) < 4.78 is 15.5.